The lowest BCUT2D eigenvalue weighted by Crippen LogP contribution is -2.51. The van der Waals surface area contributed by atoms with Gasteiger partial charge in [0.2, 0.25) is 10.0 Å². The first-order valence-electron chi connectivity index (χ1n) is 9.75. The van der Waals surface area contributed by atoms with Crippen LogP contribution in [0.3, 0.4) is 0 Å². The number of anilines is 1. The van der Waals surface area contributed by atoms with E-state index in [1.54, 1.807) is 7.11 Å². The highest BCUT2D eigenvalue weighted by Crippen LogP contribution is 2.28. The zero-order valence-electron chi connectivity index (χ0n) is 16.7. The Bertz CT molecular complexity index is 765. The van der Waals surface area contributed by atoms with Crippen molar-refractivity contribution in [2.24, 2.45) is 0 Å². The predicted octanol–water partition coefficient (Wildman–Crippen LogP) is 2.08. The van der Waals surface area contributed by atoms with Crippen LogP contribution in [0.1, 0.15) is 32.6 Å². The summed E-state index contributed by atoms with van der Waals surface area (Å²) in [4.78, 5) is 2.13. The van der Waals surface area contributed by atoms with Gasteiger partial charge in [-0.15, -0.1) is 5.92 Å². The van der Waals surface area contributed by atoms with Gasteiger partial charge in [-0.3, -0.25) is 0 Å². The number of piperazine rings is 1. The van der Waals surface area contributed by atoms with Crippen LogP contribution in [-0.2, 0) is 10.0 Å². The molecule has 1 aliphatic heterocycles. The molecule has 1 aromatic rings. The minimum atomic E-state index is -3.51. The highest BCUT2D eigenvalue weighted by atomic mass is 32.2. The van der Waals surface area contributed by atoms with Gasteiger partial charge in [0.1, 0.15) is 11.8 Å². The molecular formula is C20H31N3O4S. The Hall–Kier alpha value is -1.79. The van der Waals surface area contributed by atoms with Crippen molar-refractivity contribution in [2.75, 3.05) is 43.9 Å². The molecule has 156 valence electrons. The fourth-order valence-corrected chi connectivity index (χ4v) is 4.69. The lowest BCUT2D eigenvalue weighted by molar-refractivity contribution is 0.153. The van der Waals surface area contributed by atoms with Gasteiger partial charge in [0, 0.05) is 32.6 Å². The van der Waals surface area contributed by atoms with Gasteiger partial charge in [0.25, 0.3) is 0 Å². The average Bonchev–Trinajstić information content (AvgIpc) is 2.72. The molecule has 1 saturated heterocycles. The van der Waals surface area contributed by atoms with Crippen molar-refractivity contribution >= 4 is 15.7 Å². The first-order valence-corrected chi connectivity index (χ1v) is 11.4. The molecule has 1 aromatic carbocycles. The maximum absolute atomic E-state index is 12.7. The van der Waals surface area contributed by atoms with Crippen molar-refractivity contribution in [3.8, 4) is 17.6 Å². The summed E-state index contributed by atoms with van der Waals surface area (Å²) in [6.45, 7) is 4.07. The van der Waals surface area contributed by atoms with Gasteiger partial charge < -0.3 is 14.8 Å². The van der Waals surface area contributed by atoms with E-state index in [1.807, 2.05) is 29.7 Å². The second-order valence-corrected chi connectivity index (χ2v) is 8.81. The minimum absolute atomic E-state index is 0.237. The summed E-state index contributed by atoms with van der Waals surface area (Å²) in [5.41, 5.74) is 3.00. The first kappa shape index (κ1) is 22.5. The molecule has 2 rings (SSSR count). The Morgan fingerprint density at radius 2 is 1.93 bits per heavy atom. The number of hydroxylamine groups is 1. The smallest absolute Gasteiger partial charge is 0.216 e. The number of hydrogen-bond donors (Lipinski definition) is 2. The number of hydrogen-bond acceptors (Lipinski definition) is 6. The Balaban J connectivity index is 1.92. The lowest BCUT2D eigenvalue weighted by atomic mass is 10.2. The monoisotopic (exact) mass is 409 g/mol. The fourth-order valence-electron chi connectivity index (χ4n) is 3.18. The summed E-state index contributed by atoms with van der Waals surface area (Å²) in [5.74, 6) is 6.33. The van der Waals surface area contributed by atoms with E-state index in [2.05, 4.69) is 23.7 Å². The van der Waals surface area contributed by atoms with E-state index in [1.165, 1.54) is 4.31 Å². The molecule has 0 bridgehead atoms. The summed E-state index contributed by atoms with van der Waals surface area (Å²) in [5, 5.41) is 9.28. The number of benzene rings is 1. The van der Waals surface area contributed by atoms with Crippen LogP contribution in [0.5, 0.6) is 5.75 Å². The van der Waals surface area contributed by atoms with Crippen molar-refractivity contribution in [1.82, 2.24) is 9.79 Å². The van der Waals surface area contributed by atoms with Crippen LogP contribution in [0.15, 0.2) is 24.3 Å². The SMILES string of the molecule is CCCCCC#CC(CS(=O)(=O)N1CCN(c2ccccc2OC)CC1)NO. The van der Waals surface area contributed by atoms with Gasteiger partial charge in [-0.1, -0.05) is 37.8 Å². The van der Waals surface area contributed by atoms with Crippen molar-refractivity contribution < 1.29 is 18.4 Å². The maximum Gasteiger partial charge on any atom is 0.216 e. The Labute approximate surface area is 168 Å². The zero-order valence-corrected chi connectivity index (χ0v) is 17.5. The molecule has 0 aromatic heterocycles. The Kier molecular flexibility index (Phi) is 9.06. The maximum atomic E-state index is 12.7. The van der Waals surface area contributed by atoms with Gasteiger partial charge in [-0.2, -0.15) is 9.79 Å². The number of para-hydroxylation sites is 2. The minimum Gasteiger partial charge on any atom is -0.495 e. The van der Waals surface area contributed by atoms with Crippen LogP contribution < -0.4 is 15.1 Å². The van der Waals surface area contributed by atoms with Crippen LogP contribution >= 0.6 is 0 Å². The van der Waals surface area contributed by atoms with Crippen LogP contribution in [0, 0.1) is 11.8 Å². The van der Waals surface area contributed by atoms with Gasteiger partial charge in [0.15, 0.2) is 0 Å². The van der Waals surface area contributed by atoms with Crippen LogP contribution in [0.25, 0.3) is 0 Å². The van der Waals surface area contributed by atoms with Crippen molar-refractivity contribution in [1.29, 1.82) is 0 Å². The quantitative estimate of drug-likeness (QED) is 0.369. The van der Waals surface area contributed by atoms with E-state index in [0.29, 0.717) is 32.6 Å². The third-order valence-electron chi connectivity index (χ3n) is 4.77. The molecule has 1 heterocycles. The van der Waals surface area contributed by atoms with E-state index >= 15 is 0 Å². The van der Waals surface area contributed by atoms with E-state index < -0.39 is 16.1 Å². The molecular weight excluding hydrogens is 378 g/mol. The van der Waals surface area contributed by atoms with Crippen molar-refractivity contribution in [3.63, 3.8) is 0 Å². The molecule has 7 nitrogen and oxygen atoms in total. The summed E-state index contributed by atoms with van der Waals surface area (Å²) >= 11 is 0. The number of ether oxygens (including phenoxy) is 1. The van der Waals surface area contributed by atoms with Gasteiger partial charge in [-0.25, -0.2) is 8.42 Å². The topological polar surface area (TPSA) is 82.1 Å². The highest BCUT2D eigenvalue weighted by Gasteiger charge is 2.29. The molecule has 1 aliphatic rings. The first-order chi connectivity index (χ1) is 13.5. The molecule has 0 spiro atoms. The summed E-state index contributed by atoms with van der Waals surface area (Å²) in [7, 11) is -1.88. The molecule has 0 aliphatic carbocycles. The van der Waals surface area contributed by atoms with Gasteiger partial charge in [0.05, 0.1) is 18.6 Å². The molecule has 2 N–H and O–H groups in total. The number of unbranched alkanes of at least 4 members (excludes halogenated alkanes) is 3. The zero-order chi connectivity index (χ0) is 20.4. The summed E-state index contributed by atoms with van der Waals surface area (Å²) in [6.07, 6.45) is 3.90. The Morgan fingerprint density at radius 1 is 1.21 bits per heavy atom. The number of rotatable bonds is 9. The molecule has 1 atom stereocenters. The van der Waals surface area contributed by atoms with Gasteiger partial charge in [-0.05, 0) is 18.6 Å². The van der Waals surface area contributed by atoms with E-state index in [0.717, 1.165) is 30.7 Å². The normalized spacial score (nSPS) is 16.3. The molecule has 1 fully saturated rings. The fraction of sp³-hybridized carbons (Fsp3) is 0.600. The number of sulfonamides is 1. The van der Waals surface area contributed by atoms with Crippen molar-refractivity contribution in [3.05, 3.63) is 24.3 Å². The number of methoxy groups -OCH3 is 1. The van der Waals surface area contributed by atoms with Crippen LogP contribution in [-0.4, -0.2) is 63.0 Å². The Morgan fingerprint density at radius 3 is 2.57 bits per heavy atom. The second-order valence-electron chi connectivity index (χ2n) is 6.80. The number of nitrogens with zero attached hydrogens (tertiary/aromatic N) is 2. The molecule has 28 heavy (non-hydrogen) atoms. The highest BCUT2D eigenvalue weighted by molar-refractivity contribution is 7.89. The van der Waals surface area contributed by atoms with Crippen LogP contribution in [0.4, 0.5) is 5.69 Å². The van der Waals surface area contributed by atoms with Gasteiger partial charge >= 0.3 is 0 Å². The van der Waals surface area contributed by atoms with E-state index in [4.69, 9.17) is 4.74 Å². The lowest BCUT2D eigenvalue weighted by Gasteiger charge is -2.36. The van der Waals surface area contributed by atoms with Crippen molar-refractivity contribution in [2.45, 2.75) is 38.6 Å². The summed E-state index contributed by atoms with van der Waals surface area (Å²) < 4.78 is 32.3. The standard InChI is InChI=1S/C20H31N3O4S/c1-3-4-5-6-7-10-18(21-24)17-28(25,26)23-15-13-22(14-16-23)19-11-8-9-12-20(19)27-2/h8-9,11-12,18,21,24H,3-6,13-17H2,1-2H3. The average molecular weight is 410 g/mol. The molecule has 1 unspecified atom stereocenters. The third-order valence-corrected chi connectivity index (χ3v) is 6.68. The largest absolute Gasteiger partial charge is 0.495 e. The molecule has 0 amide bonds. The van der Waals surface area contributed by atoms with E-state index in [9.17, 15) is 13.6 Å². The predicted molar refractivity (Wildman–Crippen MR) is 111 cm³/mol. The summed E-state index contributed by atoms with van der Waals surface area (Å²) in [6, 6.07) is 6.95. The molecule has 0 radical (unpaired) electrons. The molecule has 0 saturated carbocycles. The number of nitrogens with one attached hydrogen (secondary N) is 1. The van der Waals surface area contributed by atoms with E-state index in [-0.39, 0.29) is 5.75 Å². The third kappa shape index (κ3) is 6.38. The second kappa shape index (κ2) is 11.3. The van der Waals surface area contributed by atoms with Crippen LogP contribution in [0.2, 0.25) is 0 Å². The molecule has 8 heteroatoms.